The Hall–Kier alpha value is -1.42. The minimum absolute atomic E-state index is 0.0617. The number of aliphatic hydroxyl groups is 1. The molecule has 1 aromatic rings. The topological polar surface area (TPSA) is 64.7 Å². The first-order chi connectivity index (χ1) is 6.31. The van der Waals surface area contributed by atoms with Crippen LogP contribution in [-0.2, 0) is 0 Å². The number of anilines is 1. The van der Waals surface area contributed by atoms with Crippen molar-refractivity contribution in [3.8, 4) is 11.5 Å². The summed E-state index contributed by atoms with van der Waals surface area (Å²) in [6, 6.07) is 5.33. The summed E-state index contributed by atoms with van der Waals surface area (Å²) in [4.78, 5) is 0. The van der Waals surface area contributed by atoms with Gasteiger partial charge in [0.15, 0.2) is 17.6 Å². The summed E-state index contributed by atoms with van der Waals surface area (Å²) in [6.45, 7) is 0.306. The maximum absolute atomic E-state index is 8.86. The van der Waals surface area contributed by atoms with Crippen LogP contribution in [-0.4, -0.2) is 24.4 Å². The third kappa shape index (κ3) is 1.40. The second-order valence-corrected chi connectivity index (χ2v) is 2.91. The van der Waals surface area contributed by atoms with E-state index in [1.54, 1.807) is 18.2 Å². The summed E-state index contributed by atoms with van der Waals surface area (Å²) in [5.41, 5.74) is 6.21. The van der Waals surface area contributed by atoms with Crippen LogP contribution in [0.3, 0.4) is 0 Å². The van der Waals surface area contributed by atoms with Crippen LogP contribution >= 0.6 is 0 Å². The molecular formula is C9H11NO3. The summed E-state index contributed by atoms with van der Waals surface area (Å²) >= 11 is 0. The van der Waals surface area contributed by atoms with E-state index in [0.717, 1.165) is 0 Å². The van der Waals surface area contributed by atoms with E-state index in [4.69, 9.17) is 20.3 Å². The number of aliphatic hydroxyl groups excluding tert-OH is 1. The number of hydrogen-bond donors (Lipinski definition) is 2. The van der Waals surface area contributed by atoms with Crippen LogP contribution in [0.2, 0.25) is 0 Å². The number of benzene rings is 1. The number of ether oxygens (including phenoxy) is 2. The molecule has 1 unspecified atom stereocenters. The third-order valence-corrected chi connectivity index (χ3v) is 1.92. The summed E-state index contributed by atoms with van der Waals surface area (Å²) in [5.74, 6) is 1.18. The molecule has 3 N–H and O–H groups in total. The molecule has 13 heavy (non-hydrogen) atoms. The van der Waals surface area contributed by atoms with Crippen molar-refractivity contribution in [1.82, 2.24) is 0 Å². The maximum atomic E-state index is 8.86. The maximum Gasteiger partial charge on any atom is 0.184 e. The number of para-hydroxylation sites is 1. The average Bonchev–Trinajstić information content (AvgIpc) is 2.18. The Morgan fingerprint density at radius 3 is 3.15 bits per heavy atom. The molecule has 0 saturated carbocycles. The van der Waals surface area contributed by atoms with Crippen molar-refractivity contribution in [3.63, 3.8) is 0 Å². The van der Waals surface area contributed by atoms with Gasteiger partial charge in [-0.1, -0.05) is 6.07 Å². The van der Waals surface area contributed by atoms with Gasteiger partial charge in [0.25, 0.3) is 0 Å². The zero-order valence-electron chi connectivity index (χ0n) is 7.06. The van der Waals surface area contributed by atoms with Crippen LogP contribution < -0.4 is 15.2 Å². The molecule has 0 radical (unpaired) electrons. The van der Waals surface area contributed by atoms with Crippen molar-refractivity contribution in [2.45, 2.75) is 6.10 Å². The molecule has 2 rings (SSSR count). The Bertz CT molecular complexity index is 314. The summed E-state index contributed by atoms with van der Waals surface area (Å²) in [5, 5.41) is 8.86. The zero-order chi connectivity index (χ0) is 9.26. The summed E-state index contributed by atoms with van der Waals surface area (Å²) in [7, 11) is 0. The predicted octanol–water partition coefficient (Wildman–Crippen LogP) is 0.401. The highest BCUT2D eigenvalue weighted by molar-refractivity contribution is 5.60. The quantitative estimate of drug-likeness (QED) is 0.615. The van der Waals surface area contributed by atoms with Gasteiger partial charge in [0.1, 0.15) is 6.61 Å². The van der Waals surface area contributed by atoms with Crippen LogP contribution in [0, 0.1) is 0 Å². The first-order valence-corrected chi connectivity index (χ1v) is 4.10. The molecule has 4 heteroatoms. The SMILES string of the molecule is Nc1cccc2c1OC(CO)CO2. The van der Waals surface area contributed by atoms with Crippen molar-refractivity contribution in [2.75, 3.05) is 18.9 Å². The van der Waals surface area contributed by atoms with Crippen molar-refractivity contribution in [3.05, 3.63) is 18.2 Å². The van der Waals surface area contributed by atoms with E-state index < -0.39 is 0 Å². The number of nitrogens with two attached hydrogens (primary N) is 1. The minimum atomic E-state index is -0.308. The lowest BCUT2D eigenvalue weighted by molar-refractivity contribution is 0.0464. The van der Waals surface area contributed by atoms with E-state index in [-0.39, 0.29) is 12.7 Å². The van der Waals surface area contributed by atoms with Gasteiger partial charge in [0.2, 0.25) is 0 Å². The molecule has 0 fully saturated rings. The van der Waals surface area contributed by atoms with Gasteiger partial charge >= 0.3 is 0 Å². The molecular weight excluding hydrogens is 170 g/mol. The van der Waals surface area contributed by atoms with E-state index in [1.807, 2.05) is 0 Å². The fourth-order valence-electron chi connectivity index (χ4n) is 1.25. The van der Waals surface area contributed by atoms with Crippen molar-refractivity contribution >= 4 is 5.69 Å². The van der Waals surface area contributed by atoms with Crippen LogP contribution in [0.4, 0.5) is 5.69 Å². The van der Waals surface area contributed by atoms with Crippen molar-refractivity contribution in [2.24, 2.45) is 0 Å². The summed E-state index contributed by atoms with van der Waals surface area (Å²) in [6.07, 6.45) is -0.308. The van der Waals surface area contributed by atoms with Gasteiger partial charge < -0.3 is 20.3 Å². The molecule has 0 amide bonds. The Labute approximate surface area is 75.9 Å². The van der Waals surface area contributed by atoms with Crippen molar-refractivity contribution in [1.29, 1.82) is 0 Å². The monoisotopic (exact) mass is 181 g/mol. The normalized spacial score (nSPS) is 19.9. The average molecular weight is 181 g/mol. The lowest BCUT2D eigenvalue weighted by Gasteiger charge is -2.25. The van der Waals surface area contributed by atoms with E-state index in [0.29, 0.717) is 23.8 Å². The Morgan fingerprint density at radius 1 is 1.54 bits per heavy atom. The lowest BCUT2D eigenvalue weighted by atomic mass is 10.2. The standard InChI is InChI=1S/C9H11NO3/c10-7-2-1-3-8-9(7)13-6(4-11)5-12-8/h1-3,6,11H,4-5,10H2. The second-order valence-electron chi connectivity index (χ2n) is 2.91. The molecule has 1 aliphatic rings. The molecule has 4 nitrogen and oxygen atoms in total. The molecule has 1 heterocycles. The zero-order valence-corrected chi connectivity index (χ0v) is 7.06. The highest BCUT2D eigenvalue weighted by Gasteiger charge is 2.21. The lowest BCUT2D eigenvalue weighted by Crippen LogP contribution is -2.32. The van der Waals surface area contributed by atoms with E-state index in [1.165, 1.54) is 0 Å². The highest BCUT2D eigenvalue weighted by atomic mass is 16.6. The molecule has 0 aliphatic carbocycles. The molecule has 0 saturated heterocycles. The molecule has 0 spiro atoms. The number of hydrogen-bond acceptors (Lipinski definition) is 4. The van der Waals surface area contributed by atoms with E-state index in [9.17, 15) is 0 Å². The predicted molar refractivity (Wildman–Crippen MR) is 47.9 cm³/mol. The van der Waals surface area contributed by atoms with E-state index >= 15 is 0 Å². The first kappa shape index (κ1) is 8.19. The fourth-order valence-corrected chi connectivity index (χ4v) is 1.25. The first-order valence-electron chi connectivity index (χ1n) is 4.10. The van der Waals surface area contributed by atoms with Gasteiger partial charge in [-0.3, -0.25) is 0 Å². The molecule has 0 aromatic heterocycles. The minimum Gasteiger partial charge on any atom is -0.486 e. The summed E-state index contributed by atoms with van der Waals surface area (Å²) < 4.78 is 10.8. The third-order valence-electron chi connectivity index (χ3n) is 1.92. The Balaban J connectivity index is 2.32. The van der Waals surface area contributed by atoms with Gasteiger partial charge in [-0.05, 0) is 12.1 Å². The van der Waals surface area contributed by atoms with Crippen LogP contribution in [0.5, 0.6) is 11.5 Å². The van der Waals surface area contributed by atoms with E-state index in [2.05, 4.69) is 0 Å². The van der Waals surface area contributed by atoms with Crippen molar-refractivity contribution < 1.29 is 14.6 Å². The molecule has 70 valence electrons. The largest absolute Gasteiger partial charge is 0.486 e. The van der Waals surface area contributed by atoms with Crippen LogP contribution in [0.15, 0.2) is 18.2 Å². The molecule has 1 atom stereocenters. The highest BCUT2D eigenvalue weighted by Crippen LogP contribution is 2.36. The Kier molecular flexibility index (Phi) is 1.98. The molecule has 1 aromatic carbocycles. The van der Waals surface area contributed by atoms with Crippen LogP contribution in [0.25, 0.3) is 0 Å². The number of rotatable bonds is 1. The van der Waals surface area contributed by atoms with Crippen LogP contribution in [0.1, 0.15) is 0 Å². The van der Waals surface area contributed by atoms with Gasteiger partial charge in [-0.2, -0.15) is 0 Å². The Morgan fingerprint density at radius 2 is 2.38 bits per heavy atom. The smallest absolute Gasteiger partial charge is 0.184 e. The van der Waals surface area contributed by atoms with Gasteiger partial charge in [0.05, 0.1) is 12.3 Å². The fraction of sp³-hybridized carbons (Fsp3) is 0.333. The number of fused-ring (bicyclic) bond motifs is 1. The second kappa shape index (κ2) is 3.14. The molecule has 0 bridgehead atoms. The van der Waals surface area contributed by atoms with Gasteiger partial charge in [0, 0.05) is 0 Å². The molecule has 1 aliphatic heterocycles. The van der Waals surface area contributed by atoms with Gasteiger partial charge in [-0.25, -0.2) is 0 Å². The van der Waals surface area contributed by atoms with Gasteiger partial charge in [-0.15, -0.1) is 0 Å². The number of nitrogen functional groups attached to an aromatic ring is 1.